The number of rotatable bonds is 4. The first-order valence-corrected chi connectivity index (χ1v) is 5.15. The topological polar surface area (TPSA) is 49.3 Å². The maximum atomic E-state index is 13.2. The molecule has 1 aromatic rings. The Morgan fingerprint density at radius 2 is 2.00 bits per heavy atom. The number of nitrogens with one attached hydrogen (secondary N) is 1. The normalized spacial score (nSPS) is 12.3. The lowest BCUT2D eigenvalue weighted by molar-refractivity contribution is -0.119. The van der Waals surface area contributed by atoms with Crippen molar-refractivity contribution in [3.63, 3.8) is 0 Å². The first-order chi connectivity index (χ1) is 7.97. The van der Waals surface area contributed by atoms with E-state index in [1.807, 2.05) is 0 Å². The fraction of sp³-hybridized carbons (Fsp3) is 0.300. The van der Waals surface area contributed by atoms with Crippen molar-refractivity contribution >= 4 is 17.5 Å². The summed E-state index contributed by atoms with van der Waals surface area (Å²) in [4.78, 5) is 10.8. The second-order valence-corrected chi connectivity index (χ2v) is 3.49. The number of aliphatic hydroxyl groups excluding tert-OH is 1. The maximum absolute atomic E-state index is 13.2. The summed E-state index contributed by atoms with van der Waals surface area (Å²) in [6, 6.07) is 1.60. The number of amides is 1. The van der Waals surface area contributed by atoms with Gasteiger partial charge in [-0.25, -0.2) is 13.2 Å². The van der Waals surface area contributed by atoms with E-state index in [9.17, 15) is 23.1 Å². The van der Waals surface area contributed by atoms with Gasteiger partial charge in [0.25, 0.3) is 0 Å². The molecular weight excluding hydrogens is 259 g/mol. The highest BCUT2D eigenvalue weighted by molar-refractivity contribution is 6.27. The van der Waals surface area contributed by atoms with Gasteiger partial charge >= 0.3 is 0 Å². The van der Waals surface area contributed by atoms with Crippen molar-refractivity contribution in [1.82, 2.24) is 5.32 Å². The molecular formula is C10H9ClF3NO2. The fourth-order valence-corrected chi connectivity index (χ4v) is 1.26. The van der Waals surface area contributed by atoms with E-state index in [0.29, 0.717) is 6.07 Å². The van der Waals surface area contributed by atoms with Crippen LogP contribution in [0.5, 0.6) is 0 Å². The van der Waals surface area contributed by atoms with Crippen LogP contribution in [0, 0.1) is 17.5 Å². The minimum absolute atomic E-state index is 0.313. The third-order valence-electron chi connectivity index (χ3n) is 2.04. The molecule has 1 atom stereocenters. The van der Waals surface area contributed by atoms with Crippen LogP contribution >= 0.6 is 11.6 Å². The van der Waals surface area contributed by atoms with E-state index in [2.05, 4.69) is 5.32 Å². The van der Waals surface area contributed by atoms with Gasteiger partial charge in [0.05, 0.1) is 6.10 Å². The van der Waals surface area contributed by atoms with Gasteiger partial charge in [-0.1, -0.05) is 6.07 Å². The molecule has 1 rings (SSSR count). The summed E-state index contributed by atoms with van der Waals surface area (Å²) in [7, 11) is 0. The Morgan fingerprint density at radius 3 is 2.59 bits per heavy atom. The molecule has 3 nitrogen and oxygen atoms in total. The predicted molar refractivity (Wildman–Crippen MR) is 55.0 cm³/mol. The zero-order chi connectivity index (χ0) is 13.0. The molecule has 0 saturated heterocycles. The van der Waals surface area contributed by atoms with E-state index in [0.717, 1.165) is 6.07 Å². The number of aliphatic hydroxyl groups is 1. The number of benzene rings is 1. The highest BCUT2D eigenvalue weighted by Crippen LogP contribution is 2.20. The van der Waals surface area contributed by atoms with Crippen LogP contribution in [-0.4, -0.2) is 23.4 Å². The smallest absolute Gasteiger partial charge is 0.235 e. The van der Waals surface area contributed by atoms with Crippen LogP contribution in [0.15, 0.2) is 12.1 Å². The Hall–Kier alpha value is -1.27. The predicted octanol–water partition coefficient (Wildman–Crippen LogP) is 1.49. The van der Waals surface area contributed by atoms with Crippen molar-refractivity contribution < 1.29 is 23.1 Å². The Bertz CT molecular complexity index is 428. The summed E-state index contributed by atoms with van der Waals surface area (Å²) < 4.78 is 38.7. The number of alkyl halides is 1. The Balaban J connectivity index is 2.79. The number of halogens is 4. The third-order valence-corrected chi connectivity index (χ3v) is 2.28. The standard InChI is InChI=1S/C10H9ClF3NO2/c11-3-8(17)15-4-7(16)5-1-2-6(12)10(14)9(5)13/h1-2,7,16H,3-4H2,(H,15,17). The van der Waals surface area contributed by atoms with E-state index in [1.54, 1.807) is 0 Å². The summed E-state index contributed by atoms with van der Waals surface area (Å²) in [5, 5.41) is 11.7. The van der Waals surface area contributed by atoms with Crippen molar-refractivity contribution in [3.8, 4) is 0 Å². The highest BCUT2D eigenvalue weighted by atomic mass is 35.5. The van der Waals surface area contributed by atoms with Crippen LogP contribution in [0.25, 0.3) is 0 Å². The molecule has 7 heteroatoms. The zero-order valence-corrected chi connectivity index (χ0v) is 9.27. The van der Waals surface area contributed by atoms with Crippen LogP contribution in [0.4, 0.5) is 13.2 Å². The summed E-state index contributed by atoms with van der Waals surface area (Å²) >= 11 is 5.18. The summed E-state index contributed by atoms with van der Waals surface area (Å²) in [5.74, 6) is -5.35. The average Bonchev–Trinajstić information content (AvgIpc) is 2.32. The maximum Gasteiger partial charge on any atom is 0.235 e. The molecule has 1 unspecified atom stereocenters. The quantitative estimate of drug-likeness (QED) is 0.641. The zero-order valence-electron chi connectivity index (χ0n) is 8.51. The van der Waals surface area contributed by atoms with Gasteiger partial charge in [-0.05, 0) is 6.07 Å². The first-order valence-electron chi connectivity index (χ1n) is 4.61. The Morgan fingerprint density at radius 1 is 1.35 bits per heavy atom. The molecule has 0 fully saturated rings. The van der Waals surface area contributed by atoms with E-state index in [4.69, 9.17) is 11.6 Å². The van der Waals surface area contributed by atoms with Gasteiger partial charge in [-0.3, -0.25) is 4.79 Å². The monoisotopic (exact) mass is 267 g/mol. The lowest BCUT2D eigenvalue weighted by Crippen LogP contribution is -2.29. The van der Waals surface area contributed by atoms with Gasteiger partial charge in [0.15, 0.2) is 17.5 Å². The minimum atomic E-state index is -1.66. The lowest BCUT2D eigenvalue weighted by atomic mass is 10.1. The molecule has 0 radical (unpaired) electrons. The molecule has 0 saturated carbocycles. The van der Waals surface area contributed by atoms with Gasteiger partial charge in [-0.2, -0.15) is 0 Å². The molecule has 94 valence electrons. The molecule has 2 N–H and O–H groups in total. The van der Waals surface area contributed by atoms with Gasteiger partial charge in [0, 0.05) is 12.1 Å². The van der Waals surface area contributed by atoms with E-state index in [-0.39, 0.29) is 12.4 Å². The molecule has 0 aliphatic heterocycles. The largest absolute Gasteiger partial charge is 0.386 e. The van der Waals surface area contributed by atoms with Gasteiger partial charge in [0.1, 0.15) is 5.88 Å². The second-order valence-electron chi connectivity index (χ2n) is 3.22. The van der Waals surface area contributed by atoms with Crippen LogP contribution in [0.3, 0.4) is 0 Å². The average molecular weight is 268 g/mol. The van der Waals surface area contributed by atoms with E-state index in [1.165, 1.54) is 0 Å². The van der Waals surface area contributed by atoms with E-state index >= 15 is 0 Å². The van der Waals surface area contributed by atoms with Gasteiger partial charge in [-0.15, -0.1) is 11.6 Å². The number of carbonyl (C=O) groups is 1. The second kappa shape index (κ2) is 5.88. The molecule has 0 aliphatic carbocycles. The third kappa shape index (κ3) is 3.34. The van der Waals surface area contributed by atoms with E-state index < -0.39 is 35.0 Å². The molecule has 0 spiro atoms. The lowest BCUT2D eigenvalue weighted by Gasteiger charge is -2.13. The van der Waals surface area contributed by atoms with Gasteiger partial charge in [0.2, 0.25) is 5.91 Å². The molecule has 1 amide bonds. The van der Waals surface area contributed by atoms with Crippen LogP contribution in [0.1, 0.15) is 11.7 Å². The van der Waals surface area contributed by atoms with Crippen molar-refractivity contribution in [1.29, 1.82) is 0 Å². The highest BCUT2D eigenvalue weighted by Gasteiger charge is 2.19. The Labute approximate surface area is 100 Å². The van der Waals surface area contributed by atoms with Gasteiger partial charge < -0.3 is 10.4 Å². The van der Waals surface area contributed by atoms with Crippen LogP contribution < -0.4 is 5.32 Å². The van der Waals surface area contributed by atoms with Crippen molar-refractivity contribution in [2.75, 3.05) is 12.4 Å². The molecule has 1 aromatic carbocycles. The molecule has 0 bridgehead atoms. The first kappa shape index (κ1) is 13.8. The molecule has 0 heterocycles. The molecule has 0 aliphatic rings. The summed E-state index contributed by atoms with van der Waals surface area (Å²) in [6.07, 6.45) is -1.47. The summed E-state index contributed by atoms with van der Waals surface area (Å²) in [5.41, 5.74) is -0.432. The van der Waals surface area contributed by atoms with Crippen molar-refractivity contribution in [2.45, 2.75) is 6.10 Å². The molecule has 17 heavy (non-hydrogen) atoms. The SMILES string of the molecule is O=C(CCl)NCC(O)c1ccc(F)c(F)c1F. The fourth-order valence-electron chi connectivity index (χ4n) is 1.17. The molecule has 0 aromatic heterocycles. The summed E-state index contributed by atoms with van der Waals surface area (Å²) in [6.45, 7) is -0.340. The number of hydrogen-bond acceptors (Lipinski definition) is 2. The van der Waals surface area contributed by atoms with Crippen LogP contribution in [0.2, 0.25) is 0 Å². The van der Waals surface area contributed by atoms with Crippen molar-refractivity contribution in [2.24, 2.45) is 0 Å². The number of carbonyl (C=O) groups excluding carboxylic acids is 1. The van der Waals surface area contributed by atoms with Crippen LogP contribution in [-0.2, 0) is 4.79 Å². The Kier molecular flexibility index (Phi) is 4.77. The minimum Gasteiger partial charge on any atom is -0.386 e. The number of hydrogen-bond donors (Lipinski definition) is 2. The van der Waals surface area contributed by atoms with Crippen molar-refractivity contribution in [3.05, 3.63) is 35.1 Å².